The monoisotopic (exact) mass is 341 g/mol. The molecule has 0 aliphatic rings. The molecule has 0 spiro atoms. The number of benzene rings is 1. The van der Waals surface area contributed by atoms with Crippen LogP contribution in [0.1, 0.15) is 23.0 Å². The molecule has 19 heavy (non-hydrogen) atoms. The van der Waals surface area contributed by atoms with E-state index in [2.05, 4.69) is 20.9 Å². The van der Waals surface area contributed by atoms with Crippen molar-refractivity contribution in [1.29, 1.82) is 0 Å². The summed E-state index contributed by atoms with van der Waals surface area (Å²) in [6.07, 6.45) is 0.775. The highest BCUT2D eigenvalue weighted by Crippen LogP contribution is 2.37. The molecule has 2 aromatic rings. The van der Waals surface area contributed by atoms with E-state index >= 15 is 0 Å². The molecular formula is C13H12BrNO3S. The van der Waals surface area contributed by atoms with Gasteiger partial charge in [0.2, 0.25) is 0 Å². The van der Waals surface area contributed by atoms with E-state index in [4.69, 9.17) is 9.47 Å². The van der Waals surface area contributed by atoms with Gasteiger partial charge in [-0.05, 0) is 35.0 Å². The van der Waals surface area contributed by atoms with Crippen LogP contribution >= 0.6 is 27.3 Å². The number of nitrogens with zero attached hydrogens (tertiary/aromatic N) is 1. The first kappa shape index (κ1) is 14.0. The number of rotatable bonds is 6. The molecule has 0 aliphatic carbocycles. The molecule has 4 nitrogen and oxygen atoms in total. The van der Waals surface area contributed by atoms with Gasteiger partial charge in [-0.25, -0.2) is 4.98 Å². The first-order chi connectivity index (χ1) is 9.24. The summed E-state index contributed by atoms with van der Waals surface area (Å²) in [6.45, 7) is 2.75. The van der Waals surface area contributed by atoms with Crippen LogP contribution in [0.25, 0.3) is 0 Å². The highest BCUT2D eigenvalue weighted by atomic mass is 79.9. The molecule has 6 heteroatoms. The Labute approximate surface area is 123 Å². The van der Waals surface area contributed by atoms with Crippen LogP contribution in [0.3, 0.4) is 0 Å². The second-order valence-electron chi connectivity index (χ2n) is 3.65. The van der Waals surface area contributed by atoms with Crippen molar-refractivity contribution in [3.63, 3.8) is 0 Å². The molecule has 1 aromatic heterocycles. The van der Waals surface area contributed by atoms with Crippen molar-refractivity contribution in [3.05, 3.63) is 38.8 Å². The predicted octanol–water partition coefficient (Wildman–Crippen LogP) is 3.70. The number of ether oxygens (including phenoxy) is 2. The fourth-order valence-corrected chi connectivity index (χ4v) is 2.63. The van der Waals surface area contributed by atoms with Crippen LogP contribution in [0.2, 0.25) is 0 Å². The maximum atomic E-state index is 10.8. The van der Waals surface area contributed by atoms with Crippen molar-refractivity contribution in [2.75, 3.05) is 6.61 Å². The van der Waals surface area contributed by atoms with Crippen molar-refractivity contribution in [2.24, 2.45) is 0 Å². The minimum Gasteiger partial charge on any atom is -0.490 e. The highest BCUT2D eigenvalue weighted by Gasteiger charge is 2.12. The summed E-state index contributed by atoms with van der Waals surface area (Å²) >= 11 is 4.91. The third-order valence-corrected chi connectivity index (χ3v) is 3.54. The first-order valence-corrected chi connectivity index (χ1v) is 7.39. The zero-order valence-corrected chi connectivity index (χ0v) is 12.7. The zero-order valence-electron chi connectivity index (χ0n) is 10.3. The Balaban J connectivity index is 2.24. The lowest BCUT2D eigenvalue weighted by atomic mass is 10.2. The summed E-state index contributed by atoms with van der Waals surface area (Å²) in [5.41, 5.74) is 3.15. The van der Waals surface area contributed by atoms with Crippen molar-refractivity contribution >= 4 is 33.6 Å². The Morgan fingerprint density at radius 3 is 2.89 bits per heavy atom. The number of carbonyl (C=O) groups is 1. The number of halogens is 1. The van der Waals surface area contributed by atoms with Crippen LogP contribution < -0.4 is 9.47 Å². The van der Waals surface area contributed by atoms with Gasteiger partial charge in [0.1, 0.15) is 12.9 Å². The Morgan fingerprint density at radius 2 is 2.26 bits per heavy atom. The van der Waals surface area contributed by atoms with Gasteiger partial charge in [-0.15, -0.1) is 11.3 Å². The zero-order chi connectivity index (χ0) is 13.7. The Hall–Kier alpha value is -1.40. The topological polar surface area (TPSA) is 48.4 Å². The fourth-order valence-electron chi connectivity index (χ4n) is 1.51. The molecule has 0 bridgehead atoms. The summed E-state index contributed by atoms with van der Waals surface area (Å²) in [6, 6.07) is 3.36. The lowest BCUT2D eigenvalue weighted by molar-refractivity contribution is 0.112. The lowest BCUT2D eigenvalue weighted by Gasteiger charge is -2.13. The Morgan fingerprint density at radius 1 is 1.42 bits per heavy atom. The van der Waals surface area contributed by atoms with Crippen LogP contribution in [-0.2, 0) is 6.61 Å². The minimum atomic E-state index is 0.364. The number of aromatic nitrogens is 1. The SMILES string of the molecule is CCOc1cc(C=O)cc(Br)c1OCc1cscn1. The molecule has 0 N–H and O–H groups in total. The average molecular weight is 342 g/mol. The highest BCUT2D eigenvalue weighted by molar-refractivity contribution is 9.10. The van der Waals surface area contributed by atoms with Gasteiger partial charge >= 0.3 is 0 Å². The van der Waals surface area contributed by atoms with Crippen molar-refractivity contribution in [3.8, 4) is 11.5 Å². The summed E-state index contributed by atoms with van der Waals surface area (Å²) < 4.78 is 11.9. The van der Waals surface area contributed by atoms with E-state index < -0.39 is 0 Å². The molecule has 0 saturated carbocycles. The number of hydrogen-bond acceptors (Lipinski definition) is 5. The van der Waals surface area contributed by atoms with Crippen LogP contribution in [0.15, 0.2) is 27.5 Å². The molecule has 0 saturated heterocycles. The summed E-state index contributed by atoms with van der Waals surface area (Å²) in [5, 5.41) is 1.92. The van der Waals surface area contributed by atoms with Gasteiger partial charge in [0.05, 0.1) is 22.3 Å². The van der Waals surface area contributed by atoms with E-state index in [1.54, 1.807) is 17.6 Å². The second-order valence-corrected chi connectivity index (χ2v) is 5.22. The van der Waals surface area contributed by atoms with E-state index in [9.17, 15) is 4.79 Å². The third kappa shape index (κ3) is 3.54. The Kier molecular flexibility index (Phi) is 4.93. The number of thiazole rings is 1. The molecule has 0 amide bonds. The molecule has 100 valence electrons. The van der Waals surface area contributed by atoms with Gasteiger partial charge in [0.25, 0.3) is 0 Å². The van der Waals surface area contributed by atoms with E-state index in [-0.39, 0.29) is 0 Å². The number of carbonyl (C=O) groups excluding carboxylic acids is 1. The van der Waals surface area contributed by atoms with Crippen molar-refractivity contribution in [1.82, 2.24) is 4.98 Å². The maximum absolute atomic E-state index is 10.8. The van der Waals surface area contributed by atoms with Crippen molar-refractivity contribution in [2.45, 2.75) is 13.5 Å². The number of aldehydes is 1. The summed E-state index contributed by atoms with van der Waals surface area (Å²) in [5.74, 6) is 1.13. The van der Waals surface area contributed by atoms with Crippen molar-refractivity contribution < 1.29 is 14.3 Å². The van der Waals surface area contributed by atoms with Gasteiger partial charge in [-0.2, -0.15) is 0 Å². The molecule has 0 atom stereocenters. The summed E-state index contributed by atoms with van der Waals surface area (Å²) in [4.78, 5) is 15.0. The third-order valence-electron chi connectivity index (χ3n) is 2.32. The van der Waals surface area contributed by atoms with Crippen LogP contribution in [-0.4, -0.2) is 17.9 Å². The summed E-state index contributed by atoms with van der Waals surface area (Å²) in [7, 11) is 0. The minimum absolute atomic E-state index is 0.364. The van der Waals surface area contributed by atoms with Gasteiger partial charge in [-0.1, -0.05) is 0 Å². The lowest BCUT2D eigenvalue weighted by Crippen LogP contribution is -2.01. The van der Waals surface area contributed by atoms with Gasteiger partial charge in [0.15, 0.2) is 11.5 Å². The maximum Gasteiger partial charge on any atom is 0.175 e. The molecular weight excluding hydrogens is 330 g/mol. The van der Waals surface area contributed by atoms with Crippen LogP contribution in [0.4, 0.5) is 0 Å². The Bertz CT molecular complexity index is 557. The van der Waals surface area contributed by atoms with E-state index in [1.807, 2.05) is 12.3 Å². The molecule has 1 heterocycles. The molecule has 0 aliphatic heterocycles. The largest absolute Gasteiger partial charge is 0.490 e. The quantitative estimate of drug-likeness (QED) is 0.751. The van der Waals surface area contributed by atoms with E-state index in [1.165, 1.54) is 11.3 Å². The first-order valence-electron chi connectivity index (χ1n) is 5.66. The van der Waals surface area contributed by atoms with Crippen LogP contribution in [0.5, 0.6) is 11.5 Å². The fraction of sp³-hybridized carbons (Fsp3) is 0.231. The standard InChI is InChI=1S/C13H12BrNO3S/c1-2-17-12-4-9(5-16)3-11(14)13(12)18-6-10-7-19-8-15-10/h3-5,7-8H,2,6H2,1H3. The van der Waals surface area contributed by atoms with Gasteiger partial charge in [0, 0.05) is 10.9 Å². The molecule has 0 radical (unpaired) electrons. The van der Waals surface area contributed by atoms with Gasteiger partial charge in [-0.3, -0.25) is 4.79 Å². The molecule has 0 unspecified atom stereocenters. The number of hydrogen-bond donors (Lipinski definition) is 0. The second kappa shape index (κ2) is 6.68. The average Bonchev–Trinajstić information content (AvgIpc) is 2.91. The smallest absolute Gasteiger partial charge is 0.175 e. The van der Waals surface area contributed by atoms with Crippen LogP contribution in [0, 0.1) is 0 Å². The molecule has 1 aromatic carbocycles. The van der Waals surface area contributed by atoms with Gasteiger partial charge < -0.3 is 9.47 Å². The normalized spacial score (nSPS) is 10.2. The van der Waals surface area contributed by atoms with E-state index in [0.717, 1.165) is 12.0 Å². The molecule has 0 fully saturated rings. The predicted molar refractivity (Wildman–Crippen MR) is 77.1 cm³/mol. The van der Waals surface area contributed by atoms with E-state index in [0.29, 0.717) is 34.7 Å². The molecule has 2 rings (SSSR count).